The average molecular weight is 651 g/mol. The molecule has 1 aliphatic carbocycles. The molecule has 4 aromatic rings. The van der Waals surface area contributed by atoms with E-state index in [4.69, 9.17) is 19.7 Å². The predicted molar refractivity (Wildman–Crippen MR) is 182 cm³/mol. The van der Waals surface area contributed by atoms with Crippen LogP contribution in [0.3, 0.4) is 0 Å². The molecule has 4 atom stereocenters. The van der Waals surface area contributed by atoms with E-state index in [1.54, 1.807) is 7.11 Å². The summed E-state index contributed by atoms with van der Waals surface area (Å²) in [7, 11) is 1.66. The SMILES string of the molecule is COc1ccc2c(c1)C1(CC1c1ccc3c(C=Cc4ccc(CN5CC(C)OC(C)C5)cc4)n[nH]c3c1)C(=O)N2.O=C(O)C=CC(=O)O. The van der Waals surface area contributed by atoms with E-state index in [9.17, 15) is 14.4 Å². The molecule has 48 heavy (non-hydrogen) atoms. The molecule has 0 bridgehead atoms. The second-order valence-electron chi connectivity index (χ2n) is 12.5. The normalized spacial score (nSPS) is 23.2. The minimum absolute atomic E-state index is 0.0779. The van der Waals surface area contributed by atoms with Gasteiger partial charge in [0, 0.05) is 48.8 Å². The Bertz CT molecular complexity index is 1890. The molecule has 1 saturated heterocycles. The minimum Gasteiger partial charge on any atom is -0.497 e. The summed E-state index contributed by atoms with van der Waals surface area (Å²) in [5, 5.41) is 27.5. The Morgan fingerprint density at radius 1 is 1.00 bits per heavy atom. The van der Waals surface area contributed by atoms with E-state index in [-0.39, 0.29) is 24.0 Å². The molecule has 1 amide bonds. The topological polar surface area (TPSA) is 154 Å². The smallest absolute Gasteiger partial charge is 0.328 e. The Balaban J connectivity index is 0.000000449. The van der Waals surface area contributed by atoms with Crippen LogP contribution in [0.4, 0.5) is 5.69 Å². The van der Waals surface area contributed by atoms with Crippen LogP contribution in [0.5, 0.6) is 5.75 Å². The summed E-state index contributed by atoms with van der Waals surface area (Å²) in [5.74, 6) is -1.53. The summed E-state index contributed by atoms with van der Waals surface area (Å²) in [6.07, 6.45) is 6.63. The third-order valence-electron chi connectivity index (χ3n) is 9.02. The number of carboxylic acids is 2. The zero-order valence-electron chi connectivity index (χ0n) is 27.0. The van der Waals surface area contributed by atoms with Crippen LogP contribution >= 0.6 is 0 Å². The van der Waals surface area contributed by atoms with Crippen molar-refractivity contribution in [3.8, 4) is 5.75 Å². The maximum Gasteiger partial charge on any atom is 0.328 e. The highest BCUT2D eigenvalue weighted by molar-refractivity contribution is 6.10. The van der Waals surface area contributed by atoms with Gasteiger partial charge in [-0.2, -0.15) is 5.10 Å². The van der Waals surface area contributed by atoms with Crippen LogP contribution in [0.2, 0.25) is 0 Å². The van der Waals surface area contributed by atoms with E-state index in [1.807, 2.05) is 18.2 Å². The van der Waals surface area contributed by atoms with Gasteiger partial charge in [-0.1, -0.05) is 42.5 Å². The molecule has 3 aliphatic rings. The molecular weight excluding hydrogens is 612 g/mol. The lowest BCUT2D eigenvalue weighted by atomic mass is 9.91. The molecule has 11 heteroatoms. The quantitative estimate of drug-likeness (QED) is 0.183. The van der Waals surface area contributed by atoms with Gasteiger partial charge in [0.05, 0.1) is 35.9 Å². The lowest BCUT2D eigenvalue weighted by Gasteiger charge is -2.35. The van der Waals surface area contributed by atoms with Crippen molar-refractivity contribution in [1.29, 1.82) is 0 Å². The first-order valence-electron chi connectivity index (χ1n) is 15.8. The molecule has 1 spiro atoms. The van der Waals surface area contributed by atoms with Crippen LogP contribution in [-0.2, 0) is 31.1 Å². The lowest BCUT2D eigenvalue weighted by molar-refractivity contribution is -0.134. The Morgan fingerprint density at radius 3 is 2.38 bits per heavy atom. The molecule has 1 aromatic heterocycles. The Hall–Kier alpha value is -5.26. The van der Waals surface area contributed by atoms with Crippen molar-refractivity contribution in [2.75, 3.05) is 25.5 Å². The maximum atomic E-state index is 13.0. The zero-order valence-corrected chi connectivity index (χ0v) is 27.0. The third-order valence-corrected chi connectivity index (χ3v) is 9.02. The van der Waals surface area contributed by atoms with Gasteiger partial charge >= 0.3 is 11.9 Å². The molecule has 248 valence electrons. The number of carbonyl (C=O) groups excluding carboxylic acids is 1. The number of hydrogen-bond acceptors (Lipinski definition) is 7. The molecular formula is C37H38N4O7. The molecule has 0 radical (unpaired) electrons. The molecule has 2 aliphatic heterocycles. The molecule has 4 N–H and O–H groups in total. The number of methoxy groups -OCH3 is 1. The van der Waals surface area contributed by atoms with Crippen molar-refractivity contribution < 1.29 is 34.1 Å². The number of aliphatic carboxylic acids is 2. The van der Waals surface area contributed by atoms with Crippen molar-refractivity contribution in [3.05, 3.63) is 101 Å². The van der Waals surface area contributed by atoms with Crippen LogP contribution in [0.15, 0.2) is 72.8 Å². The number of carbonyl (C=O) groups is 3. The second kappa shape index (κ2) is 13.5. The molecule has 4 unspecified atom stereocenters. The molecule has 7 rings (SSSR count). The van der Waals surface area contributed by atoms with Gasteiger partial charge in [-0.25, -0.2) is 9.59 Å². The van der Waals surface area contributed by atoms with Gasteiger partial charge in [-0.15, -0.1) is 0 Å². The van der Waals surface area contributed by atoms with Crippen LogP contribution in [-0.4, -0.2) is 75.6 Å². The fraction of sp³-hybridized carbons (Fsp3) is 0.297. The summed E-state index contributed by atoms with van der Waals surface area (Å²) in [4.78, 5) is 34.6. The van der Waals surface area contributed by atoms with Gasteiger partial charge in [0.2, 0.25) is 5.91 Å². The number of nitrogens with one attached hydrogen (secondary N) is 2. The molecule has 2 fully saturated rings. The number of carboxylic acid groups (broad SMARTS) is 2. The predicted octanol–water partition coefficient (Wildman–Crippen LogP) is 5.44. The Kier molecular flexibility index (Phi) is 9.16. The first-order valence-corrected chi connectivity index (χ1v) is 15.8. The van der Waals surface area contributed by atoms with Crippen molar-refractivity contribution in [2.45, 2.75) is 50.4 Å². The fourth-order valence-electron chi connectivity index (χ4n) is 6.82. The van der Waals surface area contributed by atoms with Gasteiger partial charge in [-0.05, 0) is 72.9 Å². The van der Waals surface area contributed by atoms with Gasteiger partial charge in [-0.3, -0.25) is 14.8 Å². The highest BCUT2D eigenvalue weighted by Crippen LogP contribution is 2.65. The number of anilines is 1. The van der Waals surface area contributed by atoms with Crippen LogP contribution in [0.25, 0.3) is 23.1 Å². The number of hydrogen-bond donors (Lipinski definition) is 4. The number of aromatic amines is 1. The zero-order chi connectivity index (χ0) is 34.0. The number of nitrogens with zero attached hydrogens (tertiary/aromatic N) is 2. The highest BCUT2D eigenvalue weighted by atomic mass is 16.5. The standard InChI is InChI=1S/C33H34N4O3.C4H4O4/c1-20-17-37(18-21(2)40-20)19-23-6-4-22(5-7-23)8-12-29-26-11-9-24(14-31(26)36-35-29)28-16-33(28)27-15-25(39-3)10-13-30(27)34-32(33)38;5-3(6)1-2-4(7)8/h4-15,20-21,28H,16-19H2,1-3H3,(H,34,38)(H,35,36);1-2H,(H,5,6)(H,7,8). The fourth-order valence-corrected chi connectivity index (χ4v) is 6.82. The number of fused-ring (bicyclic) bond motifs is 3. The number of morpholine rings is 1. The van der Waals surface area contributed by atoms with Crippen LogP contribution in [0.1, 0.15) is 54.1 Å². The third kappa shape index (κ3) is 6.87. The monoisotopic (exact) mass is 650 g/mol. The molecule has 3 heterocycles. The number of aromatic nitrogens is 2. The number of rotatable bonds is 8. The maximum absolute atomic E-state index is 13.0. The average Bonchev–Trinajstić information content (AvgIpc) is 3.59. The Labute approximate surface area is 277 Å². The van der Waals surface area contributed by atoms with E-state index >= 15 is 0 Å². The first kappa shape index (κ1) is 32.7. The highest BCUT2D eigenvalue weighted by Gasteiger charge is 2.65. The van der Waals surface area contributed by atoms with Gasteiger partial charge < -0.3 is 25.0 Å². The van der Waals surface area contributed by atoms with Gasteiger partial charge in [0.15, 0.2) is 0 Å². The van der Waals surface area contributed by atoms with Crippen molar-refractivity contribution in [1.82, 2.24) is 15.1 Å². The van der Waals surface area contributed by atoms with Gasteiger partial charge in [0.25, 0.3) is 0 Å². The van der Waals surface area contributed by atoms with Crippen molar-refractivity contribution >= 4 is 46.6 Å². The van der Waals surface area contributed by atoms with E-state index in [0.29, 0.717) is 12.2 Å². The van der Waals surface area contributed by atoms with Crippen molar-refractivity contribution in [3.63, 3.8) is 0 Å². The first-order chi connectivity index (χ1) is 23.0. The lowest BCUT2D eigenvalue weighted by Crippen LogP contribution is -2.44. The van der Waals surface area contributed by atoms with E-state index in [1.165, 1.54) is 5.56 Å². The van der Waals surface area contributed by atoms with Crippen LogP contribution in [0, 0.1) is 0 Å². The number of amides is 1. The van der Waals surface area contributed by atoms with E-state index < -0.39 is 17.4 Å². The molecule has 3 aromatic carbocycles. The Morgan fingerprint density at radius 2 is 1.71 bits per heavy atom. The number of H-pyrrole nitrogens is 1. The second-order valence-corrected chi connectivity index (χ2v) is 12.5. The minimum atomic E-state index is -1.26. The molecule has 1 saturated carbocycles. The summed E-state index contributed by atoms with van der Waals surface area (Å²) in [6, 6.07) is 21.0. The van der Waals surface area contributed by atoms with Crippen LogP contribution < -0.4 is 10.1 Å². The number of ether oxygens (including phenoxy) is 2. The summed E-state index contributed by atoms with van der Waals surface area (Å²) in [6.45, 7) is 7.16. The van der Waals surface area contributed by atoms with Gasteiger partial charge in [0.1, 0.15) is 5.75 Å². The largest absolute Gasteiger partial charge is 0.497 e. The summed E-state index contributed by atoms with van der Waals surface area (Å²) >= 11 is 0. The van der Waals surface area contributed by atoms with E-state index in [2.05, 4.69) is 88.9 Å². The summed E-state index contributed by atoms with van der Waals surface area (Å²) in [5.41, 5.74) is 6.90. The molecule has 11 nitrogen and oxygen atoms in total. The van der Waals surface area contributed by atoms with Crippen molar-refractivity contribution in [2.24, 2.45) is 0 Å². The number of benzene rings is 3. The summed E-state index contributed by atoms with van der Waals surface area (Å²) < 4.78 is 11.3. The van der Waals surface area contributed by atoms with E-state index in [0.717, 1.165) is 70.8 Å².